The van der Waals surface area contributed by atoms with Crippen molar-refractivity contribution in [1.82, 2.24) is 0 Å². The highest BCUT2D eigenvalue weighted by Gasteiger charge is 2.45. The zero-order chi connectivity index (χ0) is 8.84. The molecule has 4 rings (SSSR count). The number of carbonyl (C=O) groups is 1. The van der Waals surface area contributed by atoms with Crippen LogP contribution < -0.4 is 0 Å². The van der Waals surface area contributed by atoms with E-state index in [0.717, 1.165) is 24.7 Å². The number of hydrogen-bond donors (Lipinski definition) is 0. The molecule has 1 heteroatoms. The summed E-state index contributed by atoms with van der Waals surface area (Å²) in [5.74, 6) is 3.08. The molecule has 70 valence electrons. The van der Waals surface area contributed by atoms with Gasteiger partial charge in [-0.3, -0.25) is 4.79 Å². The second kappa shape index (κ2) is 2.70. The number of Topliss-reactive ketones (excluding diaryl/α,β-unsaturated/α-hetero) is 1. The maximum absolute atomic E-state index is 11.8. The molecule has 0 aromatic carbocycles. The Kier molecular flexibility index (Phi) is 1.61. The second-order valence-corrected chi connectivity index (χ2v) is 4.84. The third kappa shape index (κ3) is 1.02. The summed E-state index contributed by atoms with van der Waals surface area (Å²) in [6, 6.07) is 0. The molecule has 0 saturated heterocycles. The van der Waals surface area contributed by atoms with E-state index in [2.05, 4.69) is 12.2 Å². The van der Waals surface area contributed by atoms with Gasteiger partial charge in [-0.15, -0.1) is 0 Å². The van der Waals surface area contributed by atoms with Crippen molar-refractivity contribution in [3.8, 4) is 0 Å². The number of rotatable bonds is 0. The van der Waals surface area contributed by atoms with Crippen LogP contribution in [0, 0.1) is 23.7 Å². The van der Waals surface area contributed by atoms with Gasteiger partial charge in [0.25, 0.3) is 0 Å². The fourth-order valence-electron chi connectivity index (χ4n) is 3.65. The third-order valence-electron chi connectivity index (χ3n) is 4.24. The van der Waals surface area contributed by atoms with Gasteiger partial charge in [-0.1, -0.05) is 12.2 Å². The van der Waals surface area contributed by atoms with E-state index in [1.54, 1.807) is 0 Å². The molecule has 0 amide bonds. The molecule has 13 heavy (non-hydrogen) atoms. The zero-order valence-electron chi connectivity index (χ0n) is 7.91. The minimum Gasteiger partial charge on any atom is -0.299 e. The van der Waals surface area contributed by atoms with E-state index in [-0.39, 0.29) is 0 Å². The maximum Gasteiger partial charge on any atom is 0.136 e. The number of fused-ring (bicyclic) bond motifs is 1. The molecule has 4 atom stereocenters. The largest absolute Gasteiger partial charge is 0.299 e. The van der Waals surface area contributed by atoms with Crippen LogP contribution >= 0.6 is 0 Å². The van der Waals surface area contributed by atoms with Crippen LogP contribution in [0.2, 0.25) is 0 Å². The topological polar surface area (TPSA) is 17.1 Å². The minimum atomic E-state index is 0.428. The molecule has 4 aliphatic rings. The van der Waals surface area contributed by atoms with Crippen molar-refractivity contribution < 1.29 is 4.79 Å². The summed E-state index contributed by atoms with van der Waals surface area (Å²) in [6.07, 6.45) is 10.6. The van der Waals surface area contributed by atoms with Gasteiger partial charge in [0.15, 0.2) is 0 Å². The number of ketones is 1. The lowest BCUT2D eigenvalue weighted by Gasteiger charge is -2.46. The van der Waals surface area contributed by atoms with E-state index in [1.165, 1.54) is 19.3 Å². The molecular formula is C12H16O. The monoisotopic (exact) mass is 176 g/mol. The zero-order valence-corrected chi connectivity index (χ0v) is 7.91. The highest BCUT2D eigenvalue weighted by molar-refractivity contribution is 5.83. The summed E-state index contributed by atoms with van der Waals surface area (Å²) in [5, 5.41) is 0. The molecule has 4 aliphatic carbocycles. The number of allylic oxidation sites excluding steroid dienone is 2. The lowest BCUT2D eigenvalue weighted by molar-refractivity contribution is -0.131. The summed E-state index contributed by atoms with van der Waals surface area (Å²) in [5.41, 5.74) is 0. The summed E-state index contributed by atoms with van der Waals surface area (Å²) in [7, 11) is 0. The van der Waals surface area contributed by atoms with Gasteiger partial charge in [-0.2, -0.15) is 0 Å². The Morgan fingerprint density at radius 1 is 1.08 bits per heavy atom. The van der Waals surface area contributed by atoms with Crippen molar-refractivity contribution in [2.75, 3.05) is 0 Å². The third-order valence-corrected chi connectivity index (χ3v) is 4.24. The van der Waals surface area contributed by atoms with Crippen molar-refractivity contribution >= 4 is 5.78 Å². The Hall–Kier alpha value is -0.590. The highest BCUT2D eigenvalue weighted by Crippen LogP contribution is 2.49. The van der Waals surface area contributed by atoms with E-state index >= 15 is 0 Å². The SMILES string of the molecule is O=C1CCC[C@@H]2[C@H]1[C@@H]1C=C[C@H]2CC1. The predicted octanol–water partition coefficient (Wildman–Crippen LogP) is 2.57. The molecule has 0 aliphatic heterocycles. The van der Waals surface area contributed by atoms with Crippen molar-refractivity contribution in [2.24, 2.45) is 23.7 Å². The van der Waals surface area contributed by atoms with Crippen LogP contribution in [-0.4, -0.2) is 5.78 Å². The molecule has 0 aromatic rings. The van der Waals surface area contributed by atoms with Crippen LogP contribution in [0.5, 0.6) is 0 Å². The van der Waals surface area contributed by atoms with Crippen molar-refractivity contribution in [1.29, 1.82) is 0 Å². The van der Waals surface area contributed by atoms with Crippen LogP contribution in [0.25, 0.3) is 0 Å². The van der Waals surface area contributed by atoms with Gasteiger partial charge in [-0.25, -0.2) is 0 Å². The number of carbonyl (C=O) groups excluding carboxylic acids is 1. The summed E-state index contributed by atoms with van der Waals surface area (Å²) in [4.78, 5) is 11.8. The van der Waals surface area contributed by atoms with Crippen LogP contribution in [0.3, 0.4) is 0 Å². The predicted molar refractivity (Wildman–Crippen MR) is 51.2 cm³/mol. The van der Waals surface area contributed by atoms with Crippen LogP contribution in [0.15, 0.2) is 12.2 Å². The van der Waals surface area contributed by atoms with Gasteiger partial charge < -0.3 is 0 Å². The Labute approximate surface area is 79.2 Å². The molecule has 2 fully saturated rings. The van der Waals surface area contributed by atoms with Gasteiger partial charge in [0.05, 0.1) is 0 Å². The fraction of sp³-hybridized carbons (Fsp3) is 0.750. The molecule has 0 spiro atoms. The van der Waals surface area contributed by atoms with Crippen LogP contribution in [-0.2, 0) is 4.79 Å². The maximum atomic E-state index is 11.8. The lowest BCUT2D eigenvalue weighted by Crippen LogP contribution is -2.43. The Balaban J connectivity index is 1.96. The first-order valence-electron chi connectivity index (χ1n) is 5.57. The molecule has 2 bridgehead atoms. The van der Waals surface area contributed by atoms with E-state index in [0.29, 0.717) is 17.6 Å². The quantitative estimate of drug-likeness (QED) is 0.518. The Morgan fingerprint density at radius 3 is 2.54 bits per heavy atom. The van der Waals surface area contributed by atoms with Gasteiger partial charge in [-0.05, 0) is 43.4 Å². The molecule has 0 heterocycles. The average molecular weight is 176 g/mol. The first kappa shape index (κ1) is 7.78. The first-order chi connectivity index (χ1) is 6.36. The van der Waals surface area contributed by atoms with Gasteiger partial charge in [0.2, 0.25) is 0 Å². The van der Waals surface area contributed by atoms with Gasteiger partial charge in [0, 0.05) is 12.3 Å². The smallest absolute Gasteiger partial charge is 0.136 e. The summed E-state index contributed by atoms with van der Waals surface area (Å²) in [6.45, 7) is 0. The molecule has 1 nitrogen and oxygen atoms in total. The van der Waals surface area contributed by atoms with Gasteiger partial charge in [0.1, 0.15) is 5.78 Å². The molecule has 2 saturated carbocycles. The van der Waals surface area contributed by atoms with Gasteiger partial charge >= 0.3 is 0 Å². The fourth-order valence-corrected chi connectivity index (χ4v) is 3.65. The highest BCUT2D eigenvalue weighted by atomic mass is 16.1. The molecular weight excluding hydrogens is 160 g/mol. The molecule has 0 unspecified atom stereocenters. The number of hydrogen-bond acceptors (Lipinski definition) is 1. The minimum absolute atomic E-state index is 0.428. The van der Waals surface area contributed by atoms with Crippen molar-refractivity contribution in [3.63, 3.8) is 0 Å². The Bertz CT molecular complexity index is 266. The molecule has 0 aromatic heterocycles. The first-order valence-corrected chi connectivity index (χ1v) is 5.57. The van der Waals surface area contributed by atoms with Crippen LogP contribution in [0.1, 0.15) is 32.1 Å². The standard InChI is InChI=1S/C12H16O/c13-11-3-1-2-10-8-4-6-9(7-5-8)12(10)11/h4,6,8-10,12H,1-3,5,7H2/t8-,9+,10-,12+/m0/s1. The van der Waals surface area contributed by atoms with Crippen LogP contribution in [0.4, 0.5) is 0 Å². The van der Waals surface area contributed by atoms with Crippen molar-refractivity contribution in [3.05, 3.63) is 12.2 Å². The Morgan fingerprint density at radius 2 is 1.85 bits per heavy atom. The average Bonchev–Trinajstić information content (AvgIpc) is 2.20. The van der Waals surface area contributed by atoms with E-state index in [9.17, 15) is 4.79 Å². The summed E-state index contributed by atoms with van der Waals surface area (Å²) < 4.78 is 0. The van der Waals surface area contributed by atoms with E-state index < -0.39 is 0 Å². The summed E-state index contributed by atoms with van der Waals surface area (Å²) >= 11 is 0. The normalized spacial score (nSPS) is 47.8. The van der Waals surface area contributed by atoms with Crippen molar-refractivity contribution in [2.45, 2.75) is 32.1 Å². The lowest BCUT2D eigenvalue weighted by atomic mass is 9.57. The molecule has 0 radical (unpaired) electrons. The second-order valence-electron chi connectivity index (χ2n) is 4.84. The molecule has 0 N–H and O–H groups in total. The van der Waals surface area contributed by atoms with E-state index in [1.807, 2.05) is 0 Å². The van der Waals surface area contributed by atoms with E-state index in [4.69, 9.17) is 0 Å².